The Morgan fingerprint density at radius 2 is 1.73 bits per heavy atom. The smallest absolute Gasteiger partial charge is 0.257 e. The van der Waals surface area contributed by atoms with Gasteiger partial charge in [-0.05, 0) is 72.6 Å². The van der Waals surface area contributed by atoms with Crippen molar-refractivity contribution in [2.24, 2.45) is 0 Å². The van der Waals surface area contributed by atoms with Crippen LogP contribution in [-0.2, 0) is 21.5 Å². The molecular formula is C27H27FN4O4S. The lowest BCUT2D eigenvalue weighted by Gasteiger charge is -2.36. The number of amides is 2. The maximum Gasteiger partial charge on any atom is 0.257 e. The number of aryl methyl sites for hydroxylation is 1. The van der Waals surface area contributed by atoms with Crippen molar-refractivity contribution in [3.63, 3.8) is 0 Å². The Balaban J connectivity index is 1.58. The zero-order valence-corrected chi connectivity index (χ0v) is 21.3. The highest BCUT2D eigenvalue weighted by molar-refractivity contribution is 7.80. The van der Waals surface area contributed by atoms with Crippen LogP contribution < -0.4 is 20.1 Å². The van der Waals surface area contributed by atoms with E-state index in [0.29, 0.717) is 30.1 Å². The molecule has 0 spiro atoms. The van der Waals surface area contributed by atoms with Crippen molar-refractivity contribution < 1.29 is 23.5 Å². The maximum absolute atomic E-state index is 13.8. The van der Waals surface area contributed by atoms with Crippen LogP contribution in [0.2, 0.25) is 0 Å². The second-order valence-electron chi connectivity index (χ2n) is 8.54. The van der Waals surface area contributed by atoms with Crippen LogP contribution >= 0.6 is 12.2 Å². The number of nitrogens with one attached hydrogen (secondary N) is 2. The molecule has 1 fully saturated rings. The van der Waals surface area contributed by atoms with Crippen LogP contribution in [0.3, 0.4) is 0 Å². The maximum atomic E-state index is 13.8. The van der Waals surface area contributed by atoms with Crippen LogP contribution in [0.1, 0.15) is 24.0 Å². The first kappa shape index (κ1) is 26.0. The Morgan fingerprint density at radius 3 is 2.35 bits per heavy atom. The molecule has 0 radical (unpaired) electrons. The second-order valence-corrected chi connectivity index (χ2v) is 8.92. The Kier molecular flexibility index (Phi) is 7.98. The fourth-order valence-corrected chi connectivity index (χ4v) is 4.71. The van der Waals surface area contributed by atoms with E-state index in [1.54, 1.807) is 24.1 Å². The predicted molar refractivity (Wildman–Crippen MR) is 141 cm³/mol. The van der Waals surface area contributed by atoms with Gasteiger partial charge in [0.05, 0.1) is 26.8 Å². The van der Waals surface area contributed by atoms with Crippen molar-refractivity contribution in [1.82, 2.24) is 15.2 Å². The largest absolute Gasteiger partial charge is 0.497 e. The fourth-order valence-electron chi connectivity index (χ4n) is 4.37. The van der Waals surface area contributed by atoms with E-state index in [1.165, 1.54) is 37.6 Å². The second kappa shape index (κ2) is 11.3. The Bertz CT molecular complexity index is 1270. The van der Waals surface area contributed by atoms with Crippen LogP contribution in [0.25, 0.3) is 0 Å². The van der Waals surface area contributed by atoms with Gasteiger partial charge in [0.15, 0.2) is 10.7 Å². The van der Waals surface area contributed by atoms with E-state index in [9.17, 15) is 14.0 Å². The molecule has 4 rings (SSSR count). The number of halogens is 1. The number of carbonyl (C=O) groups is 2. The molecule has 1 atom stereocenters. The molecule has 1 aromatic heterocycles. The molecule has 2 N–H and O–H groups in total. The summed E-state index contributed by atoms with van der Waals surface area (Å²) >= 11 is 5.51. The third-order valence-electron chi connectivity index (χ3n) is 6.29. The van der Waals surface area contributed by atoms with E-state index in [4.69, 9.17) is 21.7 Å². The highest BCUT2D eigenvalue weighted by Crippen LogP contribution is 2.37. The lowest BCUT2D eigenvalue weighted by atomic mass is 9.84. The number of anilines is 1. The van der Waals surface area contributed by atoms with Gasteiger partial charge in [-0.3, -0.25) is 9.59 Å². The monoisotopic (exact) mass is 522 g/mol. The molecule has 2 aromatic carbocycles. The lowest BCUT2D eigenvalue weighted by Crippen LogP contribution is -2.49. The zero-order chi connectivity index (χ0) is 26.4. The van der Waals surface area contributed by atoms with Crippen LogP contribution in [0.5, 0.6) is 11.5 Å². The van der Waals surface area contributed by atoms with E-state index >= 15 is 0 Å². The number of methoxy groups -OCH3 is 2. The van der Waals surface area contributed by atoms with Crippen molar-refractivity contribution in [2.45, 2.75) is 24.8 Å². The van der Waals surface area contributed by atoms with Crippen LogP contribution in [0.4, 0.5) is 10.2 Å². The minimum atomic E-state index is -1.44. The molecule has 1 aliphatic heterocycles. The number of thiocarbonyl (C=S) groups is 1. The molecule has 0 aliphatic carbocycles. The summed E-state index contributed by atoms with van der Waals surface area (Å²) in [4.78, 5) is 32.5. The van der Waals surface area contributed by atoms with Crippen LogP contribution in [-0.4, -0.2) is 47.6 Å². The summed E-state index contributed by atoms with van der Waals surface area (Å²) in [6, 6.07) is 16.6. The summed E-state index contributed by atoms with van der Waals surface area (Å²) in [5.41, 5.74) is 0.121. The van der Waals surface area contributed by atoms with Gasteiger partial charge in [0, 0.05) is 6.54 Å². The number of rotatable bonds is 10. The topological polar surface area (TPSA) is 92.8 Å². The average molecular weight is 523 g/mol. The normalized spacial score (nSPS) is 16.9. The molecule has 2 amide bonds. The van der Waals surface area contributed by atoms with E-state index in [1.807, 2.05) is 24.3 Å². The summed E-state index contributed by atoms with van der Waals surface area (Å²) in [6.07, 6.45) is 2.61. The van der Waals surface area contributed by atoms with Gasteiger partial charge < -0.3 is 25.0 Å². The number of aromatic nitrogens is 1. The van der Waals surface area contributed by atoms with Gasteiger partial charge in [0.2, 0.25) is 5.91 Å². The zero-order valence-electron chi connectivity index (χ0n) is 20.5. The summed E-state index contributed by atoms with van der Waals surface area (Å²) in [5.74, 6) is 0.301. The van der Waals surface area contributed by atoms with Gasteiger partial charge in [0.1, 0.15) is 23.1 Å². The first-order valence-corrected chi connectivity index (χ1v) is 12.1. The molecular weight excluding hydrogens is 495 g/mol. The fraction of sp³-hybridized carbons (Fsp3) is 0.259. The van der Waals surface area contributed by atoms with Crippen molar-refractivity contribution in [2.75, 3.05) is 26.1 Å². The third kappa shape index (κ3) is 5.69. The summed E-state index contributed by atoms with van der Waals surface area (Å²) in [6.45, 7) is 0.398. The summed E-state index contributed by atoms with van der Waals surface area (Å²) in [7, 11) is 3.13. The van der Waals surface area contributed by atoms with Gasteiger partial charge in [-0.25, -0.2) is 9.37 Å². The number of benzene rings is 2. The molecule has 1 unspecified atom stereocenters. The molecule has 37 heavy (non-hydrogen) atoms. The highest BCUT2D eigenvalue weighted by atomic mass is 32.1. The van der Waals surface area contributed by atoms with E-state index in [0.717, 1.165) is 17.7 Å². The molecule has 1 aliphatic rings. The van der Waals surface area contributed by atoms with Gasteiger partial charge in [0.25, 0.3) is 5.91 Å². The molecule has 8 nitrogen and oxygen atoms in total. The average Bonchev–Trinajstić information content (AvgIpc) is 3.14. The third-order valence-corrected chi connectivity index (χ3v) is 6.61. The summed E-state index contributed by atoms with van der Waals surface area (Å²) < 4.78 is 24.1. The Labute approximate surface area is 219 Å². The first-order chi connectivity index (χ1) is 17.8. The van der Waals surface area contributed by atoms with Gasteiger partial charge >= 0.3 is 0 Å². The highest BCUT2D eigenvalue weighted by Gasteiger charge is 2.53. The van der Waals surface area contributed by atoms with E-state index < -0.39 is 23.2 Å². The number of carbonyl (C=O) groups excluding carboxylic acids is 2. The molecule has 10 heteroatoms. The molecule has 0 saturated carbocycles. The number of hydrogen-bond acceptors (Lipinski definition) is 6. The Hall–Kier alpha value is -4.05. The molecule has 2 heterocycles. The minimum absolute atomic E-state index is 0.222. The van der Waals surface area contributed by atoms with Gasteiger partial charge in [-0.1, -0.05) is 24.3 Å². The minimum Gasteiger partial charge on any atom is -0.497 e. The molecule has 192 valence electrons. The lowest BCUT2D eigenvalue weighted by molar-refractivity contribution is -0.131. The number of pyridine rings is 1. The first-order valence-electron chi connectivity index (χ1n) is 11.7. The van der Waals surface area contributed by atoms with Crippen LogP contribution in [0, 0.1) is 5.82 Å². The van der Waals surface area contributed by atoms with Gasteiger partial charge in [-0.15, -0.1) is 0 Å². The Morgan fingerprint density at radius 1 is 1.05 bits per heavy atom. The van der Waals surface area contributed by atoms with Gasteiger partial charge in [-0.2, -0.15) is 0 Å². The number of nitrogens with zero attached hydrogens (tertiary/aromatic N) is 2. The standard InChI is InChI=1S/C27H27FN4O4S/c1-35-21-11-5-18(6-12-21)4-3-15-32-26(37)31-25(34)27(32,19-7-9-20(28)10-8-19)16-24(33)30-23-14-13-22(36-2)17-29-23/h5-14,17H,3-4,15-16H2,1-2H3,(H,29,30,33)(H,31,34,37). The van der Waals surface area contributed by atoms with E-state index in [2.05, 4.69) is 15.6 Å². The quantitative estimate of drug-likeness (QED) is 0.391. The predicted octanol–water partition coefficient (Wildman–Crippen LogP) is 3.81. The molecule has 0 bridgehead atoms. The van der Waals surface area contributed by atoms with E-state index in [-0.39, 0.29) is 11.5 Å². The van der Waals surface area contributed by atoms with Crippen molar-refractivity contribution in [3.05, 3.63) is 83.8 Å². The molecule has 1 saturated heterocycles. The number of ether oxygens (including phenoxy) is 2. The SMILES string of the molecule is COc1ccc(CCCN2C(=S)NC(=O)C2(CC(=O)Nc2ccc(OC)cn2)c2ccc(F)cc2)cc1. The van der Waals surface area contributed by atoms with Crippen molar-refractivity contribution in [3.8, 4) is 11.5 Å². The van der Waals surface area contributed by atoms with Crippen LogP contribution in [0.15, 0.2) is 66.9 Å². The van der Waals surface area contributed by atoms with Crippen molar-refractivity contribution in [1.29, 1.82) is 0 Å². The number of hydrogen-bond donors (Lipinski definition) is 2. The summed E-state index contributed by atoms with van der Waals surface area (Å²) in [5, 5.41) is 5.67. The van der Waals surface area contributed by atoms with Crippen molar-refractivity contribution >= 4 is 35.0 Å². The molecule has 3 aromatic rings.